The Labute approximate surface area is 167 Å². The maximum atomic E-state index is 13.7. The third kappa shape index (κ3) is 3.44. The molecule has 2 aromatic carbocycles. The molecule has 0 aromatic heterocycles. The second-order valence-electron chi connectivity index (χ2n) is 7.09. The summed E-state index contributed by atoms with van der Waals surface area (Å²) in [4.78, 5) is 13.0. The van der Waals surface area contributed by atoms with Crippen molar-refractivity contribution in [3.05, 3.63) is 59.4 Å². The quantitative estimate of drug-likeness (QED) is 0.748. The molecule has 2 aromatic rings. The van der Waals surface area contributed by atoms with E-state index in [9.17, 15) is 17.6 Å². The number of rotatable bonds is 5. The topological polar surface area (TPSA) is 72.5 Å². The Bertz CT molecular complexity index is 1020. The molecule has 1 N–H and O–H groups in total. The van der Waals surface area contributed by atoms with Crippen LogP contribution < -0.4 is 4.72 Å². The Morgan fingerprint density at radius 3 is 2.57 bits per heavy atom. The molecule has 1 aliphatic carbocycles. The molecule has 0 saturated heterocycles. The Kier molecular flexibility index (Phi) is 4.97. The number of thioether (sulfide) groups is 1. The summed E-state index contributed by atoms with van der Waals surface area (Å²) < 4.78 is 46.9. The Balaban J connectivity index is 1.57. The van der Waals surface area contributed by atoms with Crippen LogP contribution in [-0.2, 0) is 25.0 Å². The van der Waals surface area contributed by atoms with Gasteiger partial charge >= 0.3 is 5.97 Å². The number of benzene rings is 2. The standard InChI is InChI=1S/C20H20FNO4S2/c1-26-19(23)20(9-10-20)13-2-5-15(6-3-13)28(24,25)22-17-8-11-27-18-7-4-14(21)12-16(17)18/h2-7,12,17,22H,8-11H2,1H3/t17-/m1/s1. The smallest absolute Gasteiger partial charge is 0.316 e. The molecule has 8 heteroatoms. The van der Waals surface area contributed by atoms with Gasteiger partial charge in [0, 0.05) is 10.9 Å². The predicted octanol–water partition coefficient (Wildman–Crippen LogP) is 3.55. The molecule has 4 rings (SSSR count). The lowest BCUT2D eigenvalue weighted by molar-refractivity contribution is -0.143. The van der Waals surface area contributed by atoms with Crippen molar-refractivity contribution in [3.8, 4) is 0 Å². The van der Waals surface area contributed by atoms with E-state index in [2.05, 4.69) is 4.72 Å². The van der Waals surface area contributed by atoms with E-state index < -0.39 is 21.5 Å². The molecular formula is C20H20FNO4S2. The van der Waals surface area contributed by atoms with Gasteiger partial charge in [-0.3, -0.25) is 4.79 Å². The van der Waals surface area contributed by atoms with Crippen molar-refractivity contribution in [2.45, 2.75) is 40.5 Å². The van der Waals surface area contributed by atoms with Crippen molar-refractivity contribution >= 4 is 27.8 Å². The zero-order chi connectivity index (χ0) is 19.9. The van der Waals surface area contributed by atoms with Gasteiger partial charge in [-0.05, 0) is 66.5 Å². The molecule has 1 atom stereocenters. The van der Waals surface area contributed by atoms with Crippen LogP contribution in [0.25, 0.3) is 0 Å². The van der Waals surface area contributed by atoms with Crippen molar-refractivity contribution < 1.29 is 22.3 Å². The van der Waals surface area contributed by atoms with Gasteiger partial charge in [0.15, 0.2) is 0 Å². The van der Waals surface area contributed by atoms with Crippen LogP contribution in [0.3, 0.4) is 0 Å². The summed E-state index contributed by atoms with van der Waals surface area (Å²) in [5.74, 6) is 0.0822. The van der Waals surface area contributed by atoms with E-state index in [-0.39, 0.29) is 16.7 Å². The third-order valence-electron chi connectivity index (χ3n) is 5.35. The molecule has 0 unspecified atom stereocenters. The molecule has 5 nitrogen and oxygen atoms in total. The molecule has 1 heterocycles. The number of halogens is 1. The van der Waals surface area contributed by atoms with Crippen LogP contribution in [0.15, 0.2) is 52.3 Å². The lowest BCUT2D eigenvalue weighted by atomic mass is 9.96. The minimum absolute atomic E-state index is 0.119. The first-order chi connectivity index (χ1) is 13.4. The Morgan fingerprint density at radius 2 is 1.93 bits per heavy atom. The normalized spacial score (nSPS) is 20.3. The number of fused-ring (bicyclic) bond motifs is 1. The van der Waals surface area contributed by atoms with Gasteiger partial charge < -0.3 is 4.74 Å². The average Bonchev–Trinajstić information content (AvgIpc) is 3.50. The first-order valence-electron chi connectivity index (χ1n) is 8.99. The van der Waals surface area contributed by atoms with Crippen LogP contribution in [0.2, 0.25) is 0 Å². The summed E-state index contributed by atoms with van der Waals surface area (Å²) in [6, 6.07) is 10.3. The number of hydrogen-bond acceptors (Lipinski definition) is 5. The van der Waals surface area contributed by atoms with Gasteiger partial charge in [-0.15, -0.1) is 11.8 Å². The summed E-state index contributed by atoms with van der Waals surface area (Å²) in [5, 5.41) is 0. The van der Waals surface area contributed by atoms with Crippen molar-refractivity contribution in [1.82, 2.24) is 4.72 Å². The molecule has 0 bridgehead atoms. The highest BCUT2D eigenvalue weighted by Crippen LogP contribution is 2.49. The van der Waals surface area contributed by atoms with Crippen LogP contribution >= 0.6 is 11.8 Å². The van der Waals surface area contributed by atoms with Crippen LogP contribution in [0.1, 0.15) is 36.4 Å². The molecule has 148 valence electrons. The van der Waals surface area contributed by atoms with Gasteiger partial charge in [-0.25, -0.2) is 17.5 Å². The number of carbonyl (C=O) groups is 1. The van der Waals surface area contributed by atoms with E-state index in [0.717, 1.165) is 16.2 Å². The molecule has 1 saturated carbocycles. The van der Waals surface area contributed by atoms with Crippen molar-refractivity contribution in [2.75, 3.05) is 12.9 Å². The van der Waals surface area contributed by atoms with E-state index in [0.29, 0.717) is 24.8 Å². The van der Waals surface area contributed by atoms with Crippen LogP contribution in [0.4, 0.5) is 4.39 Å². The van der Waals surface area contributed by atoms with Gasteiger partial charge in [0.05, 0.1) is 17.4 Å². The second kappa shape index (κ2) is 7.17. The summed E-state index contributed by atoms with van der Waals surface area (Å²) in [5.41, 5.74) is 0.792. The predicted molar refractivity (Wildman–Crippen MR) is 104 cm³/mol. The summed E-state index contributed by atoms with van der Waals surface area (Å²) in [6.45, 7) is 0. The number of carbonyl (C=O) groups excluding carboxylic acids is 1. The molecule has 1 fully saturated rings. The highest BCUT2D eigenvalue weighted by Gasteiger charge is 2.52. The minimum Gasteiger partial charge on any atom is -0.468 e. The maximum absolute atomic E-state index is 13.7. The highest BCUT2D eigenvalue weighted by molar-refractivity contribution is 7.99. The zero-order valence-electron chi connectivity index (χ0n) is 15.3. The van der Waals surface area contributed by atoms with Gasteiger partial charge in [-0.1, -0.05) is 12.1 Å². The van der Waals surface area contributed by atoms with Gasteiger partial charge in [0.25, 0.3) is 0 Å². The lowest BCUT2D eigenvalue weighted by Gasteiger charge is -2.26. The van der Waals surface area contributed by atoms with E-state index in [1.807, 2.05) is 0 Å². The van der Waals surface area contributed by atoms with Gasteiger partial charge in [0.1, 0.15) is 5.82 Å². The van der Waals surface area contributed by atoms with E-state index in [1.165, 1.54) is 31.4 Å². The third-order valence-corrected chi connectivity index (χ3v) is 7.96. The minimum atomic E-state index is -3.78. The van der Waals surface area contributed by atoms with Crippen molar-refractivity contribution in [1.29, 1.82) is 0 Å². The number of methoxy groups -OCH3 is 1. The largest absolute Gasteiger partial charge is 0.468 e. The zero-order valence-corrected chi connectivity index (χ0v) is 16.9. The first kappa shape index (κ1) is 19.4. The molecule has 0 radical (unpaired) electrons. The lowest BCUT2D eigenvalue weighted by Crippen LogP contribution is -2.31. The van der Waals surface area contributed by atoms with Crippen LogP contribution in [-0.4, -0.2) is 27.2 Å². The molecule has 28 heavy (non-hydrogen) atoms. The fourth-order valence-electron chi connectivity index (χ4n) is 3.63. The van der Waals surface area contributed by atoms with Gasteiger partial charge in [0.2, 0.25) is 10.0 Å². The number of esters is 1. The first-order valence-corrected chi connectivity index (χ1v) is 11.5. The molecule has 1 aliphatic heterocycles. The fourth-order valence-corrected chi connectivity index (χ4v) is 5.98. The van der Waals surface area contributed by atoms with E-state index >= 15 is 0 Å². The average molecular weight is 422 g/mol. The summed E-state index contributed by atoms with van der Waals surface area (Å²) in [7, 11) is -2.43. The molecule has 0 amide bonds. The number of nitrogens with one attached hydrogen (secondary N) is 1. The molecule has 0 spiro atoms. The van der Waals surface area contributed by atoms with E-state index in [4.69, 9.17) is 4.74 Å². The number of sulfonamides is 1. The Morgan fingerprint density at radius 1 is 1.21 bits per heavy atom. The monoisotopic (exact) mass is 421 g/mol. The number of ether oxygens (including phenoxy) is 1. The van der Waals surface area contributed by atoms with Crippen molar-refractivity contribution in [2.24, 2.45) is 0 Å². The van der Waals surface area contributed by atoms with Crippen LogP contribution in [0, 0.1) is 5.82 Å². The maximum Gasteiger partial charge on any atom is 0.316 e. The SMILES string of the molecule is COC(=O)C1(c2ccc(S(=O)(=O)N[C@@H]3CCSc4ccc(F)cc43)cc2)CC1. The van der Waals surface area contributed by atoms with Crippen LogP contribution in [0.5, 0.6) is 0 Å². The highest BCUT2D eigenvalue weighted by atomic mass is 32.2. The second-order valence-corrected chi connectivity index (χ2v) is 9.94. The molecule has 2 aliphatic rings. The van der Waals surface area contributed by atoms with Crippen molar-refractivity contribution in [3.63, 3.8) is 0 Å². The fraction of sp³-hybridized carbons (Fsp3) is 0.350. The summed E-state index contributed by atoms with van der Waals surface area (Å²) in [6.07, 6.45) is 1.99. The summed E-state index contributed by atoms with van der Waals surface area (Å²) >= 11 is 1.59. The van der Waals surface area contributed by atoms with E-state index in [1.54, 1.807) is 30.0 Å². The molecular weight excluding hydrogens is 401 g/mol. The Hall–Kier alpha value is -1.90. The van der Waals surface area contributed by atoms with Gasteiger partial charge in [-0.2, -0.15) is 0 Å². The number of hydrogen-bond donors (Lipinski definition) is 1.